The summed E-state index contributed by atoms with van der Waals surface area (Å²) in [5.74, 6) is 0.698. The van der Waals surface area contributed by atoms with Crippen LogP contribution in [0.3, 0.4) is 0 Å². The number of rotatable bonds is 5. The van der Waals surface area contributed by atoms with Crippen molar-refractivity contribution in [1.29, 1.82) is 0 Å². The first-order valence-corrected chi connectivity index (χ1v) is 11.1. The molecule has 2 aromatic carbocycles. The third-order valence-corrected chi connectivity index (χ3v) is 6.79. The van der Waals surface area contributed by atoms with Gasteiger partial charge in [0.15, 0.2) is 0 Å². The Balaban J connectivity index is 1.81. The molecule has 1 aliphatic rings. The van der Waals surface area contributed by atoms with Crippen molar-refractivity contribution in [2.45, 2.75) is 11.8 Å². The molecule has 0 amide bonds. The quantitative estimate of drug-likeness (QED) is 0.687. The Morgan fingerprint density at radius 2 is 1.89 bits per heavy atom. The van der Waals surface area contributed by atoms with E-state index < -0.39 is 10.0 Å². The molecule has 1 fully saturated rings. The molecule has 6 nitrogen and oxygen atoms in total. The number of piperazine rings is 1. The average Bonchev–Trinajstić information content (AvgIpc) is 3.13. The highest BCUT2D eigenvalue weighted by Crippen LogP contribution is 2.33. The van der Waals surface area contributed by atoms with Crippen LogP contribution in [0.1, 0.15) is 6.92 Å². The van der Waals surface area contributed by atoms with Crippen LogP contribution in [0.4, 0.5) is 5.69 Å². The Morgan fingerprint density at radius 1 is 1.11 bits per heavy atom. The minimum Gasteiger partial charge on any atom is -0.492 e. The topological polar surface area (TPSA) is 63.6 Å². The van der Waals surface area contributed by atoms with Crippen LogP contribution in [-0.2, 0) is 10.0 Å². The number of hydrogen-bond acceptors (Lipinski definition) is 5. The van der Waals surface area contributed by atoms with Crippen LogP contribution in [0.2, 0.25) is 5.02 Å². The zero-order valence-electron chi connectivity index (χ0n) is 15.6. The van der Waals surface area contributed by atoms with Gasteiger partial charge in [-0.1, -0.05) is 17.7 Å². The fraction of sp³-hybridized carbons (Fsp3) is 0.300. The normalized spacial score (nSPS) is 15.1. The molecule has 2 heterocycles. The van der Waals surface area contributed by atoms with E-state index in [0.29, 0.717) is 22.9 Å². The summed E-state index contributed by atoms with van der Waals surface area (Å²) < 4.78 is 33.8. The van der Waals surface area contributed by atoms with Gasteiger partial charge in [0.05, 0.1) is 22.7 Å². The summed E-state index contributed by atoms with van der Waals surface area (Å²) in [6.45, 7) is 5.73. The van der Waals surface area contributed by atoms with Gasteiger partial charge in [0.25, 0.3) is 10.0 Å². The number of nitrogens with zero attached hydrogens (tertiary/aromatic N) is 2. The first kappa shape index (κ1) is 19.1. The van der Waals surface area contributed by atoms with Crippen molar-refractivity contribution in [1.82, 2.24) is 9.29 Å². The van der Waals surface area contributed by atoms with Gasteiger partial charge in [0.1, 0.15) is 5.75 Å². The Kier molecular flexibility index (Phi) is 5.23. The maximum atomic E-state index is 13.4. The van der Waals surface area contributed by atoms with Crippen molar-refractivity contribution in [2.75, 3.05) is 37.7 Å². The lowest BCUT2D eigenvalue weighted by Crippen LogP contribution is -2.43. The predicted molar refractivity (Wildman–Crippen MR) is 112 cm³/mol. The molecule has 1 N–H and O–H groups in total. The molecule has 0 aliphatic carbocycles. The van der Waals surface area contributed by atoms with Crippen molar-refractivity contribution in [3.63, 3.8) is 0 Å². The second-order valence-corrected chi connectivity index (χ2v) is 8.87. The second kappa shape index (κ2) is 7.66. The Morgan fingerprint density at radius 3 is 2.64 bits per heavy atom. The number of benzene rings is 2. The van der Waals surface area contributed by atoms with Crippen LogP contribution in [0.25, 0.3) is 10.9 Å². The fourth-order valence-corrected chi connectivity index (χ4v) is 5.02. The number of nitrogens with one attached hydrogen (secondary N) is 1. The van der Waals surface area contributed by atoms with Crippen molar-refractivity contribution < 1.29 is 13.2 Å². The van der Waals surface area contributed by atoms with E-state index in [1.54, 1.807) is 42.6 Å². The molecule has 148 valence electrons. The maximum absolute atomic E-state index is 13.4. The average molecular weight is 420 g/mol. The van der Waals surface area contributed by atoms with Crippen LogP contribution in [0.15, 0.2) is 53.6 Å². The van der Waals surface area contributed by atoms with Gasteiger partial charge in [-0.05, 0) is 43.3 Å². The molecule has 0 unspecified atom stereocenters. The SMILES string of the molecule is CCOc1ccc(S(=O)(=O)n2ccc3ccc(Cl)cc32)cc1N1CCNCC1. The summed E-state index contributed by atoms with van der Waals surface area (Å²) in [7, 11) is -3.77. The van der Waals surface area contributed by atoms with Gasteiger partial charge >= 0.3 is 0 Å². The number of fused-ring (bicyclic) bond motifs is 1. The molecule has 0 spiro atoms. The standard InChI is InChI=1S/C20H22ClN3O3S/c1-2-27-20-6-5-17(14-19(20)23-11-8-22-9-12-23)28(25,26)24-10-7-15-3-4-16(21)13-18(15)24/h3-7,10,13-14,22H,2,8-9,11-12H2,1H3. The van der Waals surface area contributed by atoms with Gasteiger partial charge in [-0.25, -0.2) is 12.4 Å². The Labute approximate surface area is 169 Å². The molecule has 0 saturated carbocycles. The smallest absolute Gasteiger partial charge is 0.268 e. The molecule has 3 aromatic rings. The molecular formula is C20H22ClN3O3S. The van der Waals surface area contributed by atoms with E-state index in [9.17, 15) is 8.42 Å². The molecule has 1 aliphatic heterocycles. The molecule has 4 rings (SSSR count). The molecule has 0 radical (unpaired) electrons. The maximum Gasteiger partial charge on any atom is 0.268 e. The lowest BCUT2D eigenvalue weighted by Gasteiger charge is -2.31. The second-order valence-electron chi connectivity index (χ2n) is 6.62. The zero-order chi connectivity index (χ0) is 19.7. The third-order valence-electron chi connectivity index (χ3n) is 4.86. The number of ether oxygens (including phenoxy) is 1. The minimum absolute atomic E-state index is 0.224. The van der Waals surface area contributed by atoms with Crippen LogP contribution in [-0.4, -0.2) is 45.2 Å². The predicted octanol–water partition coefficient (Wildman–Crippen LogP) is 3.34. The summed E-state index contributed by atoms with van der Waals surface area (Å²) in [5.41, 5.74) is 1.36. The Bertz CT molecular complexity index is 1110. The van der Waals surface area contributed by atoms with Crippen molar-refractivity contribution in [2.24, 2.45) is 0 Å². The Hall–Kier alpha value is -2.22. The lowest BCUT2D eigenvalue weighted by atomic mass is 10.2. The van der Waals surface area contributed by atoms with Crippen LogP contribution < -0.4 is 15.0 Å². The van der Waals surface area contributed by atoms with E-state index in [0.717, 1.165) is 37.3 Å². The fourth-order valence-electron chi connectivity index (χ4n) is 3.49. The molecule has 8 heteroatoms. The zero-order valence-corrected chi connectivity index (χ0v) is 17.1. The van der Waals surface area contributed by atoms with Gasteiger partial charge in [0.2, 0.25) is 0 Å². The summed E-state index contributed by atoms with van der Waals surface area (Å²) in [4.78, 5) is 2.38. The van der Waals surface area contributed by atoms with E-state index in [2.05, 4.69) is 10.2 Å². The molecule has 28 heavy (non-hydrogen) atoms. The lowest BCUT2D eigenvalue weighted by molar-refractivity contribution is 0.339. The highest BCUT2D eigenvalue weighted by molar-refractivity contribution is 7.90. The summed E-state index contributed by atoms with van der Waals surface area (Å²) in [5, 5.41) is 4.63. The number of halogens is 1. The van der Waals surface area contributed by atoms with Gasteiger partial charge in [-0.2, -0.15) is 0 Å². The van der Waals surface area contributed by atoms with Crippen molar-refractivity contribution >= 4 is 38.2 Å². The monoisotopic (exact) mass is 419 g/mol. The van der Waals surface area contributed by atoms with Crippen LogP contribution >= 0.6 is 11.6 Å². The number of aromatic nitrogens is 1. The molecular weight excluding hydrogens is 398 g/mol. The summed E-state index contributed by atoms with van der Waals surface area (Å²) in [6, 6.07) is 12.1. The summed E-state index contributed by atoms with van der Waals surface area (Å²) >= 11 is 6.09. The number of anilines is 1. The van der Waals surface area contributed by atoms with Gasteiger partial charge in [-0.15, -0.1) is 0 Å². The van der Waals surface area contributed by atoms with Crippen molar-refractivity contribution in [3.8, 4) is 5.75 Å². The van der Waals surface area contributed by atoms with Crippen molar-refractivity contribution in [3.05, 3.63) is 53.7 Å². The molecule has 0 atom stereocenters. The van der Waals surface area contributed by atoms with Gasteiger partial charge in [0, 0.05) is 42.8 Å². The molecule has 0 bridgehead atoms. The molecule has 1 aromatic heterocycles. The highest BCUT2D eigenvalue weighted by atomic mass is 35.5. The first-order valence-electron chi connectivity index (χ1n) is 9.25. The van der Waals surface area contributed by atoms with Gasteiger partial charge in [-0.3, -0.25) is 0 Å². The first-order chi connectivity index (χ1) is 13.5. The van der Waals surface area contributed by atoms with E-state index in [1.807, 2.05) is 13.0 Å². The van der Waals surface area contributed by atoms with Crippen LogP contribution in [0, 0.1) is 0 Å². The minimum atomic E-state index is -3.77. The summed E-state index contributed by atoms with van der Waals surface area (Å²) in [6.07, 6.45) is 1.57. The molecule has 1 saturated heterocycles. The van der Waals surface area contributed by atoms with E-state index in [4.69, 9.17) is 16.3 Å². The van der Waals surface area contributed by atoms with Gasteiger partial charge < -0.3 is 15.0 Å². The third kappa shape index (κ3) is 3.45. The van der Waals surface area contributed by atoms with E-state index >= 15 is 0 Å². The highest BCUT2D eigenvalue weighted by Gasteiger charge is 2.23. The van der Waals surface area contributed by atoms with E-state index in [1.165, 1.54) is 3.97 Å². The van der Waals surface area contributed by atoms with Crippen LogP contribution in [0.5, 0.6) is 5.75 Å². The largest absolute Gasteiger partial charge is 0.492 e. The van der Waals surface area contributed by atoms with E-state index in [-0.39, 0.29) is 4.90 Å². The number of hydrogen-bond donors (Lipinski definition) is 1.